The maximum Gasteiger partial charge on any atom is 0.267 e. The number of rotatable bonds is 4. The van der Waals surface area contributed by atoms with E-state index in [0.29, 0.717) is 34.4 Å². The Labute approximate surface area is 160 Å². The maximum atomic E-state index is 12.9. The molecule has 1 N–H and O–H groups in total. The van der Waals surface area contributed by atoms with Crippen molar-refractivity contribution in [2.24, 2.45) is 0 Å². The maximum absolute atomic E-state index is 12.9. The molecule has 0 radical (unpaired) electrons. The smallest absolute Gasteiger partial charge is 0.267 e. The minimum atomic E-state index is -0.383. The van der Waals surface area contributed by atoms with Gasteiger partial charge in [-0.15, -0.1) is 0 Å². The number of carbonyl (C=O) groups is 2. The predicted octanol–water partition coefficient (Wildman–Crippen LogP) is 3.94. The van der Waals surface area contributed by atoms with Gasteiger partial charge in [-0.1, -0.05) is 48.5 Å². The number of benzene rings is 3. The molecule has 0 spiro atoms. The van der Waals surface area contributed by atoms with E-state index >= 15 is 0 Å². The number of fused-ring (bicyclic) bond motifs is 2. The van der Waals surface area contributed by atoms with Crippen LogP contribution >= 0.6 is 0 Å². The molecule has 5 rings (SSSR count). The average molecular weight is 369 g/mol. The topological polar surface area (TPSA) is 75.3 Å². The van der Waals surface area contributed by atoms with Gasteiger partial charge < -0.3 is 4.74 Å². The van der Waals surface area contributed by atoms with Gasteiger partial charge in [0.05, 0.1) is 22.0 Å². The molecule has 6 heteroatoms. The molecule has 0 unspecified atom stereocenters. The van der Waals surface area contributed by atoms with Crippen LogP contribution in [0.4, 0.5) is 5.82 Å². The van der Waals surface area contributed by atoms with E-state index in [-0.39, 0.29) is 17.6 Å². The zero-order valence-corrected chi connectivity index (χ0v) is 14.8. The third kappa shape index (κ3) is 2.46. The first-order valence-corrected chi connectivity index (χ1v) is 8.85. The third-order valence-corrected chi connectivity index (χ3v) is 4.78. The molecule has 136 valence electrons. The van der Waals surface area contributed by atoms with Gasteiger partial charge in [0.1, 0.15) is 12.4 Å². The Morgan fingerprint density at radius 1 is 0.821 bits per heavy atom. The Kier molecular flexibility index (Phi) is 3.69. The lowest BCUT2D eigenvalue weighted by Gasteiger charge is -2.13. The molecule has 1 aliphatic heterocycles. The summed E-state index contributed by atoms with van der Waals surface area (Å²) in [6, 6.07) is 22.0. The highest BCUT2D eigenvalue weighted by molar-refractivity contribution is 6.35. The van der Waals surface area contributed by atoms with Crippen molar-refractivity contribution in [1.29, 1.82) is 0 Å². The van der Waals surface area contributed by atoms with Crippen LogP contribution in [0.3, 0.4) is 0 Å². The van der Waals surface area contributed by atoms with E-state index in [9.17, 15) is 9.59 Å². The van der Waals surface area contributed by atoms with Crippen LogP contribution in [0.2, 0.25) is 0 Å². The van der Waals surface area contributed by atoms with E-state index in [1.165, 1.54) is 0 Å². The van der Waals surface area contributed by atoms with Crippen molar-refractivity contribution in [3.05, 3.63) is 89.5 Å². The largest absolute Gasteiger partial charge is 0.488 e. The molecule has 6 nitrogen and oxygen atoms in total. The van der Waals surface area contributed by atoms with Crippen LogP contribution in [0.1, 0.15) is 26.3 Å². The zero-order chi connectivity index (χ0) is 19.1. The average Bonchev–Trinajstić information content (AvgIpc) is 3.27. The first kappa shape index (κ1) is 16.3. The second kappa shape index (κ2) is 6.35. The first-order chi connectivity index (χ1) is 13.7. The third-order valence-electron chi connectivity index (χ3n) is 4.78. The Morgan fingerprint density at radius 3 is 2.21 bits per heavy atom. The lowest BCUT2D eigenvalue weighted by Crippen LogP contribution is -2.29. The van der Waals surface area contributed by atoms with E-state index in [0.717, 1.165) is 10.5 Å². The summed E-state index contributed by atoms with van der Waals surface area (Å²) in [6.07, 6.45) is 0. The molecule has 2 amide bonds. The number of ether oxygens (including phenoxy) is 1. The monoisotopic (exact) mass is 369 g/mol. The minimum absolute atomic E-state index is 0.255. The van der Waals surface area contributed by atoms with E-state index < -0.39 is 0 Å². The van der Waals surface area contributed by atoms with Crippen molar-refractivity contribution < 1.29 is 14.3 Å². The Morgan fingerprint density at radius 2 is 1.50 bits per heavy atom. The van der Waals surface area contributed by atoms with E-state index in [4.69, 9.17) is 4.74 Å². The Balaban J connectivity index is 1.56. The fraction of sp³-hybridized carbons (Fsp3) is 0.0455. The number of anilines is 1. The Hall–Kier alpha value is -3.93. The minimum Gasteiger partial charge on any atom is -0.488 e. The predicted molar refractivity (Wildman–Crippen MR) is 104 cm³/mol. The number of nitrogens with one attached hydrogen (secondary N) is 1. The van der Waals surface area contributed by atoms with Crippen LogP contribution in [0.5, 0.6) is 5.75 Å². The standard InChI is InChI=1S/C22H15N3O3/c26-21-15-9-4-5-10-16(15)22(27)25(21)20-19-17(23-24-20)11-6-12-18(19)28-13-14-7-2-1-3-8-14/h1-12H,13H2,(H,23,24). The quantitative estimate of drug-likeness (QED) is 0.553. The lowest BCUT2D eigenvalue weighted by atomic mass is 10.1. The highest BCUT2D eigenvalue weighted by Gasteiger charge is 2.39. The molecule has 1 aromatic heterocycles. The number of H-pyrrole nitrogens is 1. The van der Waals surface area contributed by atoms with Crippen molar-refractivity contribution in [3.8, 4) is 5.75 Å². The number of carbonyl (C=O) groups excluding carboxylic acids is 2. The second-order valence-corrected chi connectivity index (χ2v) is 6.49. The molecule has 4 aromatic rings. The van der Waals surface area contributed by atoms with Gasteiger partial charge in [0.25, 0.3) is 11.8 Å². The number of hydrogen-bond acceptors (Lipinski definition) is 4. The molecule has 0 bridgehead atoms. The fourth-order valence-electron chi connectivity index (χ4n) is 3.42. The van der Waals surface area contributed by atoms with E-state index in [1.54, 1.807) is 24.3 Å². The highest BCUT2D eigenvalue weighted by Crippen LogP contribution is 2.37. The summed E-state index contributed by atoms with van der Waals surface area (Å²) in [5.41, 5.74) is 2.47. The molecule has 0 aliphatic carbocycles. The number of aromatic amines is 1. The molecular formula is C22H15N3O3. The summed E-state index contributed by atoms with van der Waals surface area (Å²) in [4.78, 5) is 26.8. The first-order valence-electron chi connectivity index (χ1n) is 8.85. The fourth-order valence-corrected chi connectivity index (χ4v) is 3.42. The Bertz CT molecular complexity index is 1180. The molecular weight excluding hydrogens is 354 g/mol. The molecule has 28 heavy (non-hydrogen) atoms. The van der Waals surface area contributed by atoms with Crippen molar-refractivity contribution in [2.75, 3.05) is 4.90 Å². The van der Waals surface area contributed by atoms with Crippen molar-refractivity contribution in [3.63, 3.8) is 0 Å². The van der Waals surface area contributed by atoms with Crippen LogP contribution in [-0.2, 0) is 6.61 Å². The number of aromatic nitrogens is 2. The zero-order valence-electron chi connectivity index (χ0n) is 14.8. The van der Waals surface area contributed by atoms with Crippen molar-refractivity contribution in [1.82, 2.24) is 10.2 Å². The van der Waals surface area contributed by atoms with E-state index in [2.05, 4.69) is 10.2 Å². The second-order valence-electron chi connectivity index (χ2n) is 6.49. The van der Waals surface area contributed by atoms with Gasteiger partial charge in [0, 0.05) is 0 Å². The van der Waals surface area contributed by atoms with Crippen LogP contribution in [0.15, 0.2) is 72.8 Å². The van der Waals surface area contributed by atoms with Gasteiger partial charge in [0.2, 0.25) is 0 Å². The van der Waals surface area contributed by atoms with Gasteiger partial charge in [-0.25, -0.2) is 4.90 Å². The normalized spacial score (nSPS) is 13.2. The number of imide groups is 1. The van der Waals surface area contributed by atoms with E-state index in [1.807, 2.05) is 48.5 Å². The molecule has 3 aromatic carbocycles. The van der Waals surface area contributed by atoms with Crippen LogP contribution in [-0.4, -0.2) is 22.0 Å². The summed E-state index contributed by atoms with van der Waals surface area (Å²) in [7, 11) is 0. The molecule has 0 saturated heterocycles. The molecule has 0 atom stereocenters. The van der Waals surface area contributed by atoms with Crippen LogP contribution in [0.25, 0.3) is 10.9 Å². The van der Waals surface area contributed by atoms with Crippen molar-refractivity contribution >= 4 is 28.5 Å². The SMILES string of the molecule is O=C1c2ccccc2C(=O)N1c1n[nH]c2cccc(OCc3ccccc3)c12. The molecule has 1 aliphatic rings. The summed E-state index contributed by atoms with van der Waals surface area (Å²) in [5, 5.41) is 7.76. The molecule has 0 fully saturated rings. The highest BCUT2D eigenvalue weighted by atomic mass is 16.5. The van der Waals surface area contributed by atoms with Crippen LogP contribution < -0.4 is 9.64 Å². The van der Waals surface area contributed by atoms with Gasteiger partial charge in [-0.2, -0.15) is 5.10 Å². The van der Waals surface area contributed by atoms with Gasteiger partial charge in [-0.05, 0) is 29.8 Å². The summed E-state index contributed by atoms with van der Waals surface area (Å²) in [6.45, 7) is 0.368. The molecule has 0 saturated carbocycles. The van der Waals surface area contributed by atoms with Crippen molar-refractivity contribution in [2.45, 2.75) is 6.61 Å². The van der Waals surface area contributed by atoms with Gasteiger partial charge in [0.15, 0.2) is 5.82 Å². The number of nitrogens with zero attached hydrogens (tertiary/aromatic N) is 2. The molecule has 2 heterocycles. The van der Waals surface area contributed by atoms with Gasteiger partial charge >= 0.3 is 0 Å². The summed E-state index contributed by atoms with van der Waals surface area (Å²) in [5.74, 6) is 0.0465. The summed E-state index contributed by atoms with van der Waals surface area (Å²) < 4.78 is 6.00. The number of hydrogen-bond donors (Lipinski definition) is 1. The lowest BCUT2D eigenvalue weighted by molar-refractivity contribution is 0.0925. The number of amides is 2. The summed E-state index contributed by atoms with van der Waals surface area (Å²) >= 11 is 0. The van der Waals surface area contributed by atoms with Gasteiger partial charge in [-0.3, -0.25) is 14.7 Å². The van der Waals surface area contributed by atoms with Crippen LogP contribution in [0, 0.1) is 0 Å².